The predicted octanol–water partition coefficient (Wildman–Crippen LogP) is 1.76. The van der Waals surface area contributed by atoms with Crippen LogP contribution in [0.2, 0.25) is 0 Å². The Labute approximate surface area is 109 Å². The minimum Gasteiger partial charge on any atom is -0.396 e. The van der Waals surface area contributed by atoms with E-state index in [2.05, 4.69) is 8.83 Å². The number of benzene rings is 1. The molecule has 0 N–H and O–H groups in total. The summed E-state index contributed by atoms with van der Waals surface area (Å²) in [5.74, 6) is -0.631. The van der Waals surface area contributed by atoms with Crippen LogP contribution in [0.4, 0.5) is 0 Å². The third kappa shape index (κ3) is 3.12. The summed E-state index contributed by atoms with van der Waals surface area (Å²) in [7, 11) is -3.89. The molecular formula is C12H12O6S. The predicted molar refractivity (Wildman–Crippen MR) is 65.1 cm³/mol. The van der Waals surface area contributed by atoms with Crippen molar-refractivity contribution in [1.82, 2.24) is 0 Å². The van der Waals surface area contributed by atoms with Crippen molar-refractivity contribution >= 4 is 10.1 Å². The van der Waals surface area contributed by atoms with Gasteiger partial charge in [0, 0.05) is 0 Å². The molecule has 0 aliphatic rings. The van der Waals surface area contributed by atoms with E-state index in [4.69, 9.17) is 4.18 Å². The van der Waals surface area contributed by atoms with Gasteiger partial charge in [-0.3, -0.25) is 4.18 Å². The van der Waals surface area contributed by atoms with Gasteiger partial charge in [0.2, 0.25) is 0 Å². The summed E-state index contributed by atoms with van der Waals surface area (Å²) in [6.45, 7) is 2.95. The average molecular weight is 284 g/mol. The van der Waals surface area contributed by atoms with Gasteiger partial charge in [-0.15, -0.1) is 0 Å². The van der Waals surface area contributed by atoms with Gasteiger partial charge in [0.15, 0.2) is 5.76 Å². The summed E-state index contributed by atoms with van der Waals surface area (Å²) < 4.78 is 37.8. The molecule has 19 heavy (non-hydrogen) atoms. The quantitative estimate of drug-likeness (QED) is 0.795. The van der Waals surface area contributed by atoms with Gasteiger partial charge in [-0.2, -0.15) is 8.42 Å². The molecule has 1 heterocycles. The molecule has 0 amide bonds. The summed E-state index contributed by atoms with van der Waals surface area (Å²) in [5.41, 5.74) is 0.940. The number of hydrogen-bond acceptors (Lipinski definition) is 6. The van der Waals surface area contributed by atoms with Gasteiger partial charge in [-0.1, -0.05) is 17.7 Å². The number of aryl methyl sites for hydroxylation is 2. The SMILES string of the molecule is Cc1ccc(S(=O)(=O)OCc2oc(=O)oc2C)cc1. The molecule has 7 heteroatoms. The third-order valence-electron chi connectivity index (χ3n) is 2.49. The van der Waals surface area contributed by atoms with Crippen LogP contribution in [0.1, 0.15) is 17.1 Å². The molecule has 0 radical (unpaired) electrons. The van der Waals surface area contributed by atoms with E-state index in [-0.39, 0.29) is 23.0 Å². The maximum atomic E-state index is 11.9. The van der Waals surface area contributed by atoms with Gasteiger partial charge in [0.1, 0.15) is 12.4 Å². The van der Waals surface area contributed by atoms with Crippen molar-refractivity contribution in [1.29, 1.82) is 0 Å². The van der Waals surface area contributed by atoms with E-state index in [1.54, 1.807) is 12.1 Å². The third-order valence-corrected chi connectivity index (χ3v) is 3.77. The minimum absolute atomic E-state index is 0.0431. The molecule has 1 aromatic carbocycles. The molecule has 0 atom stereocenters. The van der Waals surface area contributed by atoms with Gasteiger partial charge in [-0.05, 0) is 26.0 Å². The lowest BCUT2D eigenvalue weighted by Crippen LogP contribution is -2.06. The molecule has 102 valence electrons. The molecule has 1 aromatic heterocycles. The zero-order valence-electron chi connectivity index (χ0n) is 10.4. The van der Waals surface area contributed by atoms with E-state index in [0.717, 1.165) is 5.56 Å². The molecule has 0 aliphatic carbocycles. The van der Waals surface area contributed by atoms with Crippen LogP contribution < -0.4 is 5.82 Å². The first-order valence-corrected chi connectivity index (χ1v) is 6.85. The molecule has 0 spiro atoms. The lowest BCUT2D eigenvalue weighted by molar-refractivity contribution is 0.266. The highest BCUT2D eigenvalue weighted by Crippen LogP contribution is 2.16. The highest BCUT2D eigenvalue weighted by molar-refractivity contribution is 7.86. The Hall–Kier alpha value is -1.86. The monoisotopic (exact) mass is 284 g/mol. The maximum absolute atomic E-state index is 11.9. The van der Waals surface area contributed by atoms with E-state index in [1.807, 2.05) is 6.92 Å². The van der Waals surface area contributed by atoms with Crippen LogP contribution >= 0.6 is 0 Å². The van der Waals surface area contributed by atoms with Crippen molar-refractivity contribution in [2.45, 2.75) is 25.3 Å². The Balaban J connectivity index is 2.16. The second kappa shape index (κ2) is 5.02. The first-order valence-electron chi connectivity index (χ1n) is 5.44. The molecule has 0 saturated heterocycles. The van der Waals surface area contributed by atoms with E-state index in [1.165, 1.54) is 19.1 Å². The van der Waals surface area contributed by atoms with Gasteiger partial charge in [-0.25, -0.2) is 4.79 Å². The number of hydrogen-bond donors (Lipinski definition) is 0. The Kier molecular flexibility index (Phi) is 3.59. The molecule has 0 fully saturated rings. The summed E-state index contributed by atoms with van der Waals surface area (Å²) in [6.07, 6.45) is 0. The van der Waals surface area contributed by atoms with E-state index in [9.17, 15) is 13.2 Å². The van der Waals surface area contributed by atoms with Crippen LogP contribution in [-0.4, -0.2) is 8.42 Å². The molecule has 0 unspecified atom stereocenters. The summed E-state index contributed by atoms with van der Waals surface area (Å²) in [6, 6.07) is 6.23. The lowest BCUT2D eigenvalue weighted by Gasteiger charge is -2.04. The average Bonchev–Trinajstić information content (AvgIpc) is 2.66. The fourth-order valence-corrected chi connectivity index (χ4v) is 2.28. The first-order chi connectivity index (χ1) is 8.88. The van der Waals surface area contributed by atoms with Crippen LogP contribution in [-0.2, 0) is 20.9 Å². The Morgan fingerprint density at radius 3 is 2.26 bits per heavy atom. The largest absolute Gasteiger partial charge is 0.519 e. The van der Waals surface area contributed by atoms with Crippen molar-refractivity contribution in [3.63, 3.8) is 0 Å². The normalized spacial score (nSPS) is 11.7. The topological polar surface area (TPSA) is 86.7 Å². The van der Waals surface area contributed by atoms with E-state index >= 15 is 0 Å². The van der Waals surface area contributed by atoms with Crippen molar-refractivity contribution in [3.05, 3.63) is 52.0 Å². The number of rotatable bonds is 4. The fourth-order valence-electron chi connectivity index (χ4n) is 1.41. The molecule has 0 saturated carbocycles. The second-order valence-corrected chi connectivity index (χ2v) is 5.58. The summed E-state index contributed by atoms with van der Waals surface area (Å²) in [5, 5.41) is 0. The first kappa shape index (κ1) is 13.6. The highest BCUT2D eigenvalue weighted by atomic mass is 32.2. The molecular weight excluding hydrogens is 272 g/mol. The zero-order chi connectivity index (χ0) is 14.0. The molecule has 6 nitrogen and oxygen atoms in total. The van der Waals surface area contributed by atoms with Gasteiger partial charge in [0.25, 0.3) is 10.1 Å². The van der Waals surface area contributed by atoms with E-state index in [0.29, 0.717) is 0 Å². The summed E-state index contributed by atoms with van der Waals surface area (Å²) >= 11 is 0. The lowest BCUT2D eigenvalue weighted by atomic mass is 10.2. The second-order valence-electron chi connectivity index (χ2n) is 3.96. The zero-order valence-corrected chi connectivity index (χ0v) is 11.2. The maximum Gasteiger partial charge on any atom is 0.519 e. The summed E-state index contributed by atoms with van der Waals surface area (Å²) in [4.78, 5) is 10.8. The van der Waals surface area contributed by atoms with Crippen LogP contribution in [0.5, 0.6) is 0 Å². The van der Waals surface area contributed by atoms with Gasteiger partial charge < -0.3 is 8.83 Å². The Bertz CT molecular complexity index is 720. The van der Waals surface area contributed by atoms with Crippen LogP contribution in [0.3, 0.4) is 0 Å². The van der Waals surface area contributed by atoms with Crippen molar-refractivity contribution < 1.29 is 21.4 Å². The van der Waals surface area contributed by atoms with Crippen LogP contribution in [0.15, 0.2) is 42.8 Å². The van der Waals surface area contributed by atoms with Crippen LogP contribution in [0.25, 0.3) is 0 Å². The Morgan fingerprint density at radius 1 is 1.11 bits per heavy atom. The Morgan fingerprint density at radius 2 is 1.74 bits per heavy atom. The van der Waals surface area contributed by atoms with Crippen molar-refractivity contribution in [2.24, 2.45) is 0 Å². The van der Waals surface area contributed by atoms with Gasteiger partial charge >= 0.3 is 5.82 Å². The molecule has 0 aliphatic heterocycles. The smallest absolute Gasteiger partial charge is 0.396 e. The minimum atomic E-state index is -3.89. The molecule has 0 bridgehead atoms. The fraction of sp³-hybridized carbons (Fsp3) is 0.250. The molecule has 2 rings (SSSR count). The van der Waals surface area contributed by atoms with E-state index < -0.39 is 15.9 Å². The van der Waals surface area contributed by atoms with Gasteiger partial charge in [0.05, 0.1) is 4.90 Å². The van der Waals surface area contributed by atoms with Crippen LogP contribution in [0, 0.1) is 13.8 Å². The highest BCUT2D eigenvalue weighted by Gasteiger charge is 2.18. The van der Waals surface area contributed by atoms with Crippen molar-refractivity contribution in [3.8, 4) is 0 Å². The molecule has 2 aromatic rings. The van der Waals surface area contributed by atoms with Crippen molar-refractivity contribution in [2.75, 3.05) is 0 Å². The standard InChI is InChI=1S/C12H12O6S/c1-8-3-5-10(6-4-8)19(14,15)16-7-11-9(2)17-12(13)18-11/h3-6H,7H2,1-2H3.